The fourth-order valence-electron chi connectivity index (χ4n) is 1.90. The molecule has 0 aliphatic carbocycles. The summed E-state index contributed by atoms with van der Waals surface area (Å²) in [4.78, 5) is 5.63. The minimum atomic E-state index is -0.869. The first-order valence-electron chi connectivity index (χ1n) is 5.91. The Hall–Kier alpha value is -2.14. The van der Waals surface area contributed by atoms with E-state index in [9.17, 15) is 8.78 Å². The van der Waals surface area contributed by atoms with Gasteiger partial charge in [-0.15, -0.1) is 0 Å². The Morgan fingerprint density at radius 3 is 2.60 bits per heavy atom. The van der Waals surface area contributed by atoms with E-state index in [4.69, 9.17) is 5.73 Å². The molecule has 1 aromatic heterocycles. The zero-order valence-corrected chi connectivity index (χ0v) is 11.1. The summed E-state index contributed by atoms with van der Waals surface area (Å²) in [6, 6.07) is 11.4. The number of para-hydroxylation sites is 1. The van der Waals surface area contributed by atoms with Crippen molar-refractivity contribution in [2.24, 2.45) is 0 Å². The zero-order chi connectivity index (χ0) is 14.1. The Kier molecular flexibility index (Phi) is 3.28. The van der Waals surface area contributed by atoms with Gasteiger partial charge in [0, 0.05) is 15.2 Å². The van der Waals surface area contributed by atoms with Crippen LogP contribution in [0.15, 0.2) is 58.5 Å². The predicted molar refractivity (Wildman–Crippen MR) is 76.6 cm³/mol. The number of nitrogens with zero attached hydrogens (tertiary/aromatic N) is 1. The zero-order valence-electron chi connectivity index (χ0n) is 10.3. The highest BCUT2D eigenvalue weighted by Crippen LogP contribution is 2.37. The van der Waals surface area contributed by atoms with E-state index >= 15 is 0 Å². The van der Waals surface area contributed by atoms with Crippen molar-refractivity contribution in [2.75, 3.05) is 5.73 Å². The number of halogens is 2. The molecule has 0 radical (unpaired) electrons. The van der Waals surface area contributed by atoms with Gasteiger partial charge < -0.3 is 5.73 Å². The van der Waals surface area contributed by atoms with Crippen LogP contribution in [0.25, 0.3) is 10.9 Å². The molecule has 0 aliphatic heterocycles. The first-order valence-corrected chi connectivity index (χ1v) is 6.73. The Bertz CT molecular complexity index is 790. The van der Waals surface area contributed by atoms with Gasteiger partial charge in [0.1, 0.15) is 0 Å². The molecule has 20 heavy (non-hydrogen) atoms. The van der Waals surface area contributed by atoms with E-state index in [0.29, 0.717) is 10.6 Å². The average Bonchev–Trinajstić information content (AvgIpc) is 2.46. The van der Waals surface area contributed by atoms with E-state index in [1.54, 1.807) is 6.20 Å². The van der Waals surface area contributed by atoms with Crippen LogP contribution in [0.2, 0.25) is 0 Å². The number of hydrogen-bond donors (Lipinski definition) is 1. The minimum absolute atomic E-state index is 0.512. The Morgan fingerprint density at radius 1 is 1.00 bits per heavy atom. The SMILES string of the molecule is Nc1cnc2ccccc2c1Sc1ccc(F)c(F)c1. The van der Waals surface area contributed by atoms with Crippen LogP contribution in [0.4, 0.5) is 14.5 Å². The van der Waals surface area contributed by atoms with E-state index in [1.807, 2.05) is 24.3 Å². The Labute approximate surface area is 118 Å². The van der Waals surface area contributed by atoms with Gasteiger partial charge in [-0.2, -0.15) is 0 Å². The molecule has 3 rings (SSSR count). The standard InChI is InChI=1S/C15H10F2N2S/c16-11-6-5-9(7-12(11)17)20-15-10-3-1-2-4-14(10)19-8-13(15)18/h1-8H,18H2. The molecular weight excluding hydrogens is 278 g/mol. The molecule has 100 valence electrons. The molecule has 2 nitrogen and oxygen atoms in total. The van der Waals surface area contributed by atoms with Gasteiger partial charge in [0.25, 0.3) is 0 Å². The Balaban J connectivity index is 2.10. The summed E-state index contributed by atoms with van der Waals surface area (Å²) < 4.78 is 26.2. The molecule has 0 amide bonds. The van der Waals surface area contributed by atoms with Crippen LogP contribution in [-0.2, 0) is 0 Å². The number of benzene rings is 2. The van der Waals surface area contributed by atoms with E-state index in [1.165, 1.54) is 17.8 Å². The van der Waals surface area contributed by atoms with Crippen molar-refractivity contribution in [3.05, 3.63) is 60.3 Å². The third-order valence-electron chi connectivity index (χ3n) is 2.86. The van der Waals surface area contributed by atoms with Crippen LogP contribution in [-0.4, -0.2) is 4.98 Å². The van der Waals surface area contributed by atoms with Crippen molar-refractivity contribution < 1.29 is 8.78 Å². The smallest absolute Gasteiger partial charge is 0.159 e. The highest BCUT2D eigenvalue weighted by molar-refractivity contribution is 7.99. The normalized spacial score (nSPS) is 10.9. The summed E-state index contributed by atoms with van der Waals surface area (Å²) >= 11 is 1.29. The van der Waals surface area contributed by atoms with Gasteiger partial charge in [-0.05, 0) is 24.3 Å². The molecule has 0 bridgehead atoms. The Morgan fingerprint density at radius 2 is 1.80 bits per heavy atom. The molecule has 3 aromatic rings. The number of nitrogen functional groups attached to an aromatic ring is 1. The van der Waals surface area contributed by atoms with Gasteiger partial charge >= 0.3 is 0 Å². The number of hydrogen-bond acceptors (Lipinski definition) is 3. The van der Waals surface area contributed by atoms with E-state index < -0.39 is 11.6 Å². The van der Waals surface area contributed by atoms with Crippen LogP contribution in [0, 0.1) is 11.6 Å². The van der Waals surface area contributed by atoms with Gasteiger partial charge in [-0.3, -0.25) is 4.98 Å². The van der Waals surface area contributed by atoms with Gasteiger partial charge in [-0.25, -0.2) is 8.78 Å². The number of fused-ring (bicyclic) bond motifs is 1. The van der Waals surface area contributed by atoms with Crippen LogP contribution >= 0.6 is 11.8 Å². The lowest BCUT2D eigenvalue weighted by molar-refractivity contribution is 0.506. The number of pyridine rings is 1. The summed E-state index contributed by atoms with van der Waals surface area (Å²) in [7, 11) is 0. The van der Waals surface area contributed by atoms with Crippen LogP contribution in [0.5, 0.6) is 0 Å². The highest BCUT2D eigenvalue weighted by Gasteiger charge is 2.10. The van der Waals surface area contributed by atoms with Crippen molar-refractivity contribution in [3.63, 3.8) is 0 Å². The summed E-state index contributed by atoms with van der Waals surface area (Å²) in [5.74, 6) is -1.73. The lowest BCUT2D eigenvalue weighted by Gasteiger charge is -2.09. The third kappa shape index (κ3) is 2.32. The van der Waals surface area contributed by atoms with Gasteiger partial charge in [0.2, 0.25) is 0 Å². The van der Waals surface area contributed by atoms with Crippen molar-refractivity contribution in [1.29, 1.82) is 0 Å². The summed E-state index contributed by atoms with van der Waals surface area (Å²) in [6.07, 6.45) is 1.57. The molecular formula is C15H10F2N2S. The second kappa shape index (κ2) is 5.09. The number of anilines is 1. The summed E-state index contributed by atoms with van der Waals surface area (Å²) in [5, 5.41) is 0.891. The topological polar surface area (TPSA) is 38.9 Å². The number of nitrogens with two attached hydrogens (primary N) is 1. The van der Waals surface area contributed by atoms with Gasteiger partial charge in [0.15, 0.2) is 11.6 Å². The van der Waals surface area contributed by atoms with Crippen LogP contribution in [0.3, 0.4) is 0 Å². The molecule has 2 aromatic carbocycles. The van der Waals surface area contributed by atoms with Crippen molar-refractivity contribution >= 4 is 28.4 Å². The van der Waals surface area contributed by atoms with Crippen LogP contribution < -0.4 is 5.73 Å². The maximum Gasteiger partial charge on any atom is 0.159 e. The first-order chi connectivity index (χ1) is 9.65. The maximum atomic E-state index is 13.3. The number of rotatable bonds is 2. The molecule has 0 fully saturated rings. The van der Waals surface area contributed by atoms with Crippen molar-refractivity contribution in [2.45, 2.75) is 9.79 Å². The van der Waals surface area contributed by atoms with Crippen molar-refractivity contribution in [3.8, 4) is 0 Å². The largest absolute Gasteiger partial charge is 0.397 e. The molecule has 0 unspecified atom stereocenters. The fourth-order valence-corrected chi connectivity index (χ4v) is 2.89. The lowest BCUT2D eigenvalue weighted by atomic mass is 10.2. The molecule has 0 spiro atoms. The lowest BCUT2D eigenvalue weighted by Crippen LogP contribution is -1.92. The maximum absolute atomic E-state index is 13.3. The molecule has 0 saturated heterocycles. The van der Waals surface area contributed by atoms with E-state index in [-0.39, 0.29) is 0 Å². The molecule has 1 heterocycles. The third-order valence-corrected chi connectivity index (χ3v) is 4.01. The molecule has 2 N–H and O–H groups in total. The van der Waals surface area contributed by atoms with Crippen molar-refractivity contribution in [1.82, 2.24) is 4.98 Å². The predicted octanol–water partition coefficient (Wildman–Crippen LogP) is 4.25. The molecule has 0 saturated carbocycles. The van der Waals surface area contributed by atoms with Gasteiger partial charge in [0.05, 0.1) is 17.4 Å². The summed E-state index contributed by atoms with van der Waals surface area (Å²) in [5.41, 5.74) is 7.28. The monoisotopic (exact) mass is 288 g/mol. The average molecular weight is 288 g/mol. The molecule has 0 atom stereocenters. The molecule has 5 heteroatoms. The summed E-state index contributed by atoms with van der Waals surface area (Å²) in [6.45, 7) is 0. The van der Waals surface area contributed by atoms with E-state index in [0.717, 1.165) is 27.9 Å². The second-order valence-corrected chi connectivity index (χ2v) is 5.32. The van der Waals surface area contributed by atoms with Crippen LogP contribution in [0.1, 0.15) is 0 Å². The van der Waals surface area contributed by atoms with E-state index in [2.05, 4.69) is 4.98 Å². The number of aromatic nitrogens is 1. The highest BCUT2D eigenvalue weighted by atomic mass is 32.2. The quantitative estimate of drug-likeness (QED) is 0.766. The first kappa shape index (κ1) is 12.9. The fraction of sp³-hybridized carbons (Fsp3) is 0. The second-order valence-electron chi connectivity index (χ2n) is 4.24. The minimum Gasteiger partial charge on any atom is -0.397 e. The van der Waals surface area contributed by atoms with Gasteiger partial charge in [-0.1, -0.05) is 30.0 Å². The molecule has 0 aliphatic rings.